The Morgan fingerprint density at radius 1 is 1.13 bits per heavy atom. The van der Waals surface area contributed by atoms with Gasteiger partial charge in [0.25, 0.3) is 21.7 Å². The van der Waals surface area contributed by atoms with Crippen molar-refractivity contribution in [1.29, 1.82) is 0 Å². The van der Waals surface area contributed by atoms with Gasteiger partial charge in [-0.05, 0) is 43.5 Å². The molecule has 0 aliphatic heterocycles. The van der Waals surface area contributed by atoms with E-state index in [1.165, 1.54) is 32.0 Å². The van der Waals surface area contributed by atoms with E-state index in [9.17, 15) is 36.5 Å². The van der Waals surface area contributed by atoms with Crippen LogP contribution in [0.5, 0.6) is 0 Å². The molecular formula is C19H19F3N2O6S. The van der Waals surface area contributed by atoms with Gasteiger partial charge in [0.2, 0.25) is 5.60 Å². The van der Waals surface area contributed by atoms with Crippen LogP contribution in [-0.4, -0.2) is 31.7 Å². The molecule has 2 aromatic rings. The van der Waals surface area contributed by atoms with E-state index >= 15 is 0 Å². The number of carbonyl (C=O) groups excluding carboxylic acids is 1. The highest BCUT2D eigenvalue weighted by Crippen LogP contribution is 2.44. The van der Waals surface area contributed by atoms with Crippen molar-refractivity contribution in [3.63, 3.8) is 0 Å². The van der Waals surface area contributed by atoms with E-state index in [-0.39, 0.29) is 28.1 Å². The number of nitrogens with one attached hydrogen (secondary N) is 1. The molecule has 0 aliphatic carbocycles. The second-order valence-electron chi connectivity index (χ2n) is 7.07. The van der Waals surface area contributed by atoms with Crippen LogP contribution in [0.1, 0.15) is 34.0 Å². The predicted octanol–water partition coefficient (Wildman–Crippen LogP) is 4.22. The maximum atomic E-state index is 13.7. The molecule has 8 nitrogen and oxygen atoms in total. The Hall–Kier alpha value is -2.99. The number of non-ortho nitro benzene ring substituents is 1. The minimum atomic E-state index is -5.05. The van der Waals surface area contributed by atoms with Crippen molar-refractivity contribution < 1.29 is 35.5 Å². The number of nitro groups is 1. The number of hydrogen-bond acceptors (Lipinski definition) is 6. The first-order valence-corrected chi connectivity index (χ1v) is 10.5. The molecule has 2 rings (SSSR count). The SMILES string of the molecule is Cc1cc(C(C)(OS(C)(=O)=O)C(F)(F)F)cc(C)c1NC(=O)c1cccc([N+](=O)[O-])c1. The van der Waals surface area contributed by atoms with Crippen molar-refractivity contribution >= 4 is 27.4 Å². The molecule has 1 unspecified atom stereocenters. The van der Waals surface area contributed by atoms with Gasteiger partial charge in [-0.2, -0.15) is 21.6 Å². The molecule has 0 spiro atoms. The molecule has 0 radical (unpaired) electrons. The molecule has 0 saturated heterocycles. The van der Waals surface area contributed by atoms with Crippen LogP contribution in [-0.2, 0) is 19.9 Å². The highest BCUT2D eigenvalue weighted by Gasteiger charge is 2.56. The molecule has 12 heteroatoms. The summed E-state index contributed by atoms with van der Waals surface area (Å²) < 4.78 is 68.4. The van der Waals surface area contributed by atoms with E-state index in [0.29, 0.717) is 13.2 Å². The minimum Gasteiger partial charge on any atom is -0.321 e. The van der Waals surface area contributed by atoms with Gasteiger partial charge < -0.3 is 5.32 Å². The van der Waals surface area contributed by atoms with Crippen LogP contribution in [0.2, 0.25) is 0 Å². The van der Waals surface area contributed by atoms with Gasteiger partial charge in [-0.1, -0.05) is 18.2 Å². The third kappa shape index (κ3) is 5.39. The molecule has 0 bridgehead atoms. The second-order valence-corrected chi connectivity index (χ2v) is 8.64. The van der Waals surface area contributed by atoms with E-state index in [4.69, 9.17) is 0 Å². The standard InChI is InChI=1S/C19H19F3N2O6S/c1-11-8-14(18(3,19(20,21)22)30-31(4,28)29)9-12(2)16(11)23-17(25)13-6-5-7-15(10-13)24(26)27/h5-10H,1-4H3,(H,23,25). The number of benzene rings is 2. The Morgan fingerprint density at radius 2 is 1.68 bits per heavy atom. The van der Waals surface area contributed by atoms with Gasteiger partial charge in [-0.3, -0.25) is 14.9 Å². The molecule has 0 saturated carbocycles. The van der Waals surface area contributed by atoms with Crippen LogP contribution in [0, 0.1) is 24.0 Å². The molecule has 168 valence electrons. The largest absolute Gasteiger partial charge is 0.422 e. The highest BCUT2D eigenvalue weighted by molar-refractivity contribution is 7.86. The van der Waals surface area contributed by atoms with Crippen LogP contribution >= 0.6 is 0 Å². The first-order valence-electron chi connectivity index (χ1n) is 8.70. The molecule has 0 aromatic heterocycles. The lowest BCUT2D eigenvalue weighted by Gasteiger charge is -2.32. The summed E-state index contributed by atoms with van der Waals surface area (Å²) in [6.07, 6.45) is -4.53. The molecule has 2 aromatic carbocycles. The monoisotopic (exact) mass is 460 g/mol. The maximum Gasteiger partial charge on any atom is 0.422 e. The number of halogens is 3. The number of hydrogen-bond donors (Lipinski definition) is 1. The molecule has 1 N–H and O–H groups in total. The number of carbonyl (C=O) groups is 1. The predicted molar refractivity (Wildman–Crippen MR) is 106 cm³/mol. The molecule has 0 heterocycles. The van der Waals surface area contributed by atoms with Crippen molar-refractivity contribution in [2.75, 3.05) is 11.6 Å². The van der Waals surface area contributed by atoms with Crippen LogP contribution < -0.4 is 5.32 Å². The molecule has 1 amide bonds. The van der Waals surface area contributed by atoms with Gasteiger partial charge in [-0.25, -0.2) is 4.18 Å². The minimum absolute atomic E-state index is 0.0161. The van der Waals surface area contributed by atoms with Crippen molar-refractivity contribution in [2.45, 2.75) is 32.5 Å². The average molecular weight is 460 g/mol. The van der Waals surface area contributed by atoms with Gasteiger partial charge in [0.15, 0.2) is 0 Å². The number of anilines is 1. The fraction of sp³-hybridized carbons (Fsp3) is 0.316. The molecular weight excluding hydrogens is 441 g/mol. The van der Waals surface area contributed by atoms with Crippen LogP contribution in [0.3, 0.4) is 0 Å². The van der Waals surface area contributed by atoms with Crippen molar-refractivity contribution in [1.82, 2.24) is 0 Å². The zero-order valence-electron chi connectivity index (χ0n) is 16.9. The number of aryl methyl sites for hydroxylation is 2. The fourth-order valence-corrected chi connectivity index (χ4v) is 3.74. The Labute approximate surface area is 176 Å². The molecule has 0 fully saturated rings. The van der Waals surface area contributed by atoms with Crippen molar-refractivity contribution in [3.05, 3.63) is 68.8 Å². The third-order valence-corrected chi connectivity index (χ3v) is 5.14. The summed E-state index contributed by atoms with van der Waals surface area (Å²) in [4.78, 5) is 22.7. The Balaban J connectivity index is 2.47. The van der Waals surface area contributed by atoms with E-state index in [1.54, 1.807) is 0 Å². The maximum absolute atomic E-state index is 13.7. The van der Waals surface area contributed by atoms with E-state index in [0.717, 1.165) is 18.2 Å². The lowest BCUT2D eigenvalue weighted by molar-refractivity contribution is -0.384. The smallest absolute Gasteiger partial charge is 0.321 e. The summed E-state index contributed by atoms with van der Waals surface area (Å²) in [5.41, 5.74) is -3.31. The van der Waals surface area contributed by atoms with Crippen LogP contribution in [0.25, 0.3) is 0 Å². The first kappa shape index (κ1) is 24.3. The Morgan fingerprint density at radius 3 is 2.13 bits per heavy atom. The van der Waals surface area contributed by atoms with Gasteiger partial charge in [0.05, 0.1) is 11.2 Å². The number of nitro benzene ring substituents is 1. The molecule has 1 atom stereocenters. The summed E-state index contributed by atoms with van der Waals surface area (Å²) >= 11 is 0. The number of amides is 1. The van der Waals surface area contributed by atoms with Gasteiger partial charge in [0.1, 0.15) is 0 Å². The number of nitrogens with zero attached hydrogens (tertiary/aromatic N) is 1. The Bertz CT molecular complexity index is 1120. The number of rotatable bonds is 6. The summed E-state index contributed by atoms with van der Waals surface area (Å²) in [6, 6.07) is 7.08. The van der Waals surface area contributed by atoms with Crippen molar-refractivity contribution in [2.24, 2.45) is 0 Å². The highest BCUT2D eigenvalue weighted by atomic mass is 32.2. The summed E-state index contributed by atoms with van der Waals surface area (Å²) in [7, 11) is -4.46. The topological polar surface area (TPSA) is 116 Å². The van der Waals surface area contributed by atoms with Gasteiger partial charge in [0, 0.05) is 23.4 Å². The summed E-state index contributed by atoms with van der Waals surface area (Å²) in [5, 5.41) is 13.4. The summed E-state index contributed by atoms with van der Waals surface area (Å²) in [6.45, 7) is 3.46. The van der Waals surface area contributed by atoms with Crippen LogP contribution in [0.15, 0.2) is 36.4 Å². The van der Waals surface area contributed by atoms with E-state index < -0.39 is 38.3 Å². The number of alkyl halides is 3. The lowest BCUT2D eigenvalue weighted by atomic mass is 9.91. The normalized spacial score (nSPS) is 14.0. The van der Waals surface area contributed by atoms with Gasteiger partial charge >= 0.3 is 6.18 Å². The zero-order valence-corrected chi connectivity index (χ0v) is 17.7. The molecule has 31 heavy (non-hydrogen) atoms. The van der Waals surface area contributed by atoms with E-state index in [1.807, 2.05) is 0 Å². The van der Waals surface area contributed by atoms with Crippen LogP contribution in [0.4, 0.5) is 24.5 Å². The quantitative estimate of drug-likeness (QED) is 0.392. The third-order valence-electron chi connectivity index (χ3n) is 4.50. The lowest BCUT2D eigenvalue weighted by Crippen LogP contribution is -2.43. The van der Waals surface area contributed by atoms with Gasteiger partial charge in [-0.15, -0.1) is 0 Å². The molecule has 0 aliphatic rings. The average Bonchev–Trinajstić information content (AvgIpc) is 2.62. The fourth-order valence-electron chi connectivity index (χ4n) is 2.94. The Kier molecular flexibility index (Phi) is 6.48. The zero-order chi connectivity index (χ0) is 23.8. The van der Waals surface area contributed by atoms with E-state index in [2.05, 4.69) is 9.50 Å². The summed E-state index contributed by atoms with van der Waals surface area (Å²) in [5.74, 6) is -0.700. The first-order chi connectivity index (χ1) is 14.0. The van der Waals surface area contributed by atoms with Crippen molar-refractivity contribution in [3.8, 4) is 0 Å². The second kappa shape index (κ2) is 8.27.